The molecule has 168 valence electrons. The number of benzene rings is 1. The molecule has 1 aliphatic rings. The second-order valence-electron chi connectivity index (χ2n) is 7.76. The molecule has 0 saturated heterocycles. The van der Waals surface area contributed by atoms with Gasteiger partial charge in [0, 0.05) is 18.5 Å². The lowest BCUT2D eigenvalue weighted by Gasteiger charge is -2.11. The molecule has 1 aromatic carbocycles. The first kappa shape index (κ1) is 22.0. The summed E-state index contributed by atoms with van der Waals surface area (Å²) in [6.07, 6.45) is 2.86. The van der Waals surface area contributed by atoms with Crippen molar-refractivity contribution < 1.29 is 26.8 Å². The lowest BCUT2D eigenvalue weighted by molar-refractivity contribution is 0.0962. The van der Waals surface area contributed by atoms with Crippen LogP contribution < -0.4 is 4.72 Å². The maximum Gasteiger partial charge on any atom is 0.232 e. The Bertz CT molecular complexity index is 1330. The minimum Gasteiger partial charge on any atom is -0.294 e. The fourth-order valence-corrected chi connectivity index (χ4v) is 4.56. The Labute approximate surface area is 182 Å². The van der Waals surface area contributed by atoms with E-state index in [0.717, 1.165) is 25.0 Å². The summed E-state index contributed by atoms with van der Waals surface area (Å²) < 4.78 is 55.1. The summed E-state index contributed by atoms with van der Waals surface area (Å²) in [5, 5.41) is 7.10. The van der Waals surface area contributed by atoms with E-state index in [1.807, 2.05) is 4.72 Å². The van der Waals surface area contributed by atoms with Crippen molar-refractivity contribution in [3.8, 4) is 0 Å². The van der Waals surface area contributed by atoms with Crippen LogP contribution in [0.3, 0.4) is 0 Å². The largest absolute Gasteiger partial charge is 0.294 e. The number of carbonyl (C=O) groups is 2. The molecule has 0 amide bonds. The molecule has 32 heavy (non-hydrogen) atoms. The van der Waals surface area contributed by atoms with E-state index in [9.17, 15) is 26.8 Å². The summed E-state index contributed by atoms with van der Waals surface area (Å²) in [6.45, 7) is 1.64. The van der Waals surface area contributed by atoms with Crippen molar-refractivity contribution in [2.24, 2.45) is 5.92 Å². The number of hydrogen-bond donors (Lipinski definition) is 2. The number of rotatable bonds is 9. The van der Waals surface area contributed by atoms with Crippen LogP contribution in [0.4, 0.5) is 14.5 Å². The third kappa shape index (κ3) is 4.38. The van der Waals surface area contributed by atoms with Gasteiger partial charge >= 0.3 is 0 Å². The third-order valence-corrected chi connectivity index (χ3v) is 6.61. The highest BCUT2D eigenvalue weighted by molar-refractivity contribution is 7.92. The molecule has 8 nitrogen and oxygen atoms in total. The zero-order valence-electron chi connectivity index (χ0n) is 17.1. The predicted octanol–water partition coefficient (Wildman–Crippen LogP) is 3.41. The molecule has 0 bridgehead atoms. The molecule has 2 N–H and O–H groups in total. The number of ketones is 2. The van der Waals surface area contributed by atoms with E-state index in [2.05, 4.69) is 15.2 Å². The number of sulfonamides is 1. The monoisotopic (exact) mass is 462 g/mol. The maximum absolute atomic E-state index is 14.9. The molecule has 1 aliphatic carbocycles. The molecular weight excluding hydrogens is 442 g/mol. The summed E-state index contributed by atoms with van der Waals surface area (Å²) >= 11 is 0. The number of hydrogen-bond acceptors (Lipinski definition) is 6. The average Bonchev–Trinajstić information content (AvgIpc) is 3.49. The number of Topliss-reactive ketones (excluding diaryl/α,β-unsaturated/α-hetero) is 2. The first-order chi connectivity index (χ1) is 15.2. The Balaban J connectivity index is 1.62. The minimum absolute atomic E-state index is 0.0497. The van der Waals surface area contributed by atoms with Gasteiger partial charge in [-0.3, -0.25) is 19.4 Å². The van der Waals surface area contributed by atoms with Crippen LogP contribution >= 0.6 is 0 Å². The van der Waals surface area contributed by atoms with E-state index in [4.69, 9.17) is 0 Å². The van der Waals surface area contributed by atoms with Gasteiger partial charge in [-0.1, -0.05) is 6.92 Å². The highest BCUT2D eigenvalue weighted by atomic mass is 32.2. The first-order valence-corrected chi connectivity index (χ1v) is 11.7. The van der Waals surface area contributed by atoms with Gasteiger partial charge in [-0.25, -0.2) is 22.2 Å². The molecule has 0 unspecified atom stereocenters. The van der Waals surface area contributed by atoms with Gasteiger partial charge in [0.1, 0.15) is 11.5 Å². The molecule has 0 radical (unpaired) electrons. The second kappa shape index (κ2) is 8.38. The van der Waals surface area contributed by atoms with Gasteiger partial charge in [0.15, 0.2) is 23.0 Å². The van der Waals surface area contributed by atoms with E-state index >= 15 is 0 Å². The molecule has 1 saturated carbocycles. The standard InChI is InChI=1S/C21H20F2N4O4S/c1-2-7-32(30,31)27-15-6-5-14(22)17(18(15)23)16(28)9-11-8-13-19(20(29)12-3-4-12)25-26-21(13)24-10-11/h5-6,8,10,12,27H,2-4,7,9H2,1H3,(H,24,25,26). The van der Waals surface area contributed by atoms with E-state index in [-0.39, 0.29) is 17.5 Å². The normalized spacial score (nSPS) is 14.0. The Hall–Kier alpha value is -3.21. The van der Waals surface area contributed by atoms with Crippen LogP contribution in [0.2, 0.25) is 0 Å². The van der Waals surface area contributed by atoms with Crippen LogP contribution in [-0.2, 0) is 16.4 Å². The fraction of sp³-hybridized carbons (Fsp3) is 0.333. The lowest BCUT2D eigenvalue weighted by Crippen LogP contribution is -2.19. The Morgan fingerprint density at radius 2 is 2.00 bits per heavy atom. The number of aromatic nitrogens is 3. The number of anilines is 1. The molecule has 11 heteroatoms. The summed E-state index contributed by atoms with van der Waals surface area (Å²) in [4.78, 5) is 29.3. The Morgan fingerprint density at radius 1 is 1.25 bits per heavy atom. The van der Waals surface area contributed by atoms with Gasteiger partial charge in [0.2, 0.25) is 10.0 Å². The van der Waals surface area contributed by atoms with Gasteiger partial charge in [0.05, 0.1) is 22.4 Å². The molecule has 4 rings (SSSR count). The maximum atomic E-state index is 14.9. The SMILES string of the molecule is CCCS(=O)(=O)Nc1ccc(F)c(C(=O)Cc2cnc3n[nH]c(C(=O)C4CC4)c3c2)c1F. The van der Waals surface area contributed by atoms with E-state index < -0.39 is 45.1 Å². The number of carbonyl (C=O) groups excluding carboxylic acids is 2. The zero-order chi connectivity index (χ0) is 23.0. The van der Waals surface area contributed by atoms with Crippen molar-refractivity contribution in [3.63, 3.8) is 0 Å². The molecular formula is C21H20F2N4O4S. The van der Waals surface area contributed by atoms with Crippen LogP contribution in [0.15, 0.2) is 24.4 Å². The molecule has 1 fully saturated rings. The van der Waals surface area contributed by atoms with Crippen molar-refractivity contribution in [1.29, 1.82) is 0 Å². The lowest BCUT2D eigenvalue weighted by atomic mass is 10.0. The van der Waals surface area contributed by atoms with E-state index in [1.165, 1.54) is 6.20 Å². The first-order valence-electron chi connectivity index (χ1n) is 10.1. The van der Waals surface area contributed by atoms with Crippen molar-refractivity contribution in [3.05, 3.63) is 52.9 Å². The number of pyridine rings is 1. The van der Waals surface area contributed by atoms with Crippen LogP contribution in [0.1, 0.15) is 52.6 Å². The topological polar surface area (TPSA) is 122 Å². The summed E-state index contributed by atoms with van der Waals surface area (Å²) in [7, 11) is -3.83. The predicted molar refractivity (Wildman–Crippen MR) is 113 cm³/mol. The van der Waals surface area contributed by atoms with Crippen molar-refractivity contribution in [1.82, 2.24) is 15.2 Å². The van der Waals surface area contributed by atoms with Crippen LogP contribution in [0, 0.1) is 17.6 Å². The summed E-state index contributed by atoms with van der Waals surface area (Å²) in [6, 6.07) is 3.32. The fourth-order valence-electron chi connectivity index (χ4n) is 3.43. The molecule has 0 aliphatic heterocycles. The number of aromatic amines is 1. The summed E-state index contributed by atoms with van der Waals surface area (Å²) in [5.74, 6) is -3.65. The van der Waals surface area contributed by atoms with Crippen molar-refractivity contribution >= 4 is 38.3 Å². The zero-order valence-corrected chi connectivity index (χ0v) is 17.9. The third-order valence-electron chi connectivity index (χ3n) is 5.13. The van der Waals surface area contributed by atoms with Crippen LogP contribution in [-0.4, -0.2) is 40.9 Å². The average molecular weight is 462 g/mol. The molecule has 2 aromatic heterocycles. The second-order valence-corrected chi connectivity index (χ2v) is 9.60. The molecule has 0 atom stereocenters. The smallest absolute Gasteiger partial charge is 0.232 e. The van der Waals surface area contributed by atoms with Gasteiger partial charge in [-0.05, 0) is 43.0 Å². The van der Waals surface area contributed by atoms with Crippen LogP contribution in [0.5, 0.6) is 0 Å². The van der Waals surface area contributed by atoms with Gasteiger partial charge in [-0.2, -0.15) is 5.10 Å². The number of H-pyrrole nitrogens is 1. The molecule has 3 aromatic rings. The van der Waals surface area contributed by atoms with Gasteiger partial charge in [0.25, 0.3) is 0 Å². The quantitative estimate of drug-likeness (QED) is 0.470. The Kier molecular flexibility index (Phi) is 5.76. The van der Waals surface area contributed by atoms with Gasteiger partial charge < -0.3 is 0 Å². The highest BCUT2D eigenvalue weighted by Crippen LogP contribution is 2.34. The highest BCUT2D eigenvalue weighted by Gasteiger charge is 2.33. The van der Waals surface area contributed by atoms with Gasteiger partial charge in [-0.15, -0.1) is 0 Å². The molecule has 2 heterocycles. The number of nitrogens with one attached hydrogen (secondary N) is 2. The Morgan fingerprint density at radius 3 is 2.69 bits per heavy atom. The summed E-state index contributed by atoms with van der Waals surface area (Å²) in [5.41, 5.74) is -0.402. The molecule has 0 spiro atoms. The van der Waals surface area contributed by atoms with Crippen LogP contribution in [0.25, 0.3) is 11.0 Å². The number of halogens is 2. The van der Waals surface area contributed by atoms with Crippen molar-refractivity contribution in [2.45, 2.75) is 32.6 Å². The van der Waals surface area contributed by atoms with Crippen molar-refractivity contribution in [2.75, 3.05) is 10.5 Å². The number of nitrogens with zero attached hydrogens (tertiary/aromatic N) is 2. The minimum atomic E-state index is -3.83. The number of fused-ring (bicyclic) bond motifs is 1. The van der Waals surface area contributed by atoms with E-state index in [0.29, 0.717) is 28.7 Å². The van der Waals surface area contributed by atoms with E-state index in [1.54, 1.807) is 13.0 Å².